The number of fused-ring (bicyclic) bond motifs is 1. The van der Waals surface area contributed by atoms with Gasteiger partial charge in [0.2, 0.25) is 0 Å². The van der Waals surface area contributed by atoms with Crippen molar-refractivity contribution < 1.29 is 0 Å². The van der Waals surface area contributed by atoms with Gasteiger partial charge in [0, 0.05) is 23.8 Å². The van der Waals surface area contributed by atoms with Crippen LogP contribution in [0.15, 0.2) is 42.7 Å². The first kappa shape index (κ1) is 10.2. The molecule has 0 aliphatic carbocycles. The molecule has 1 aromatic carbocycles. The lowest BCUT2D eigenvalue weighted by Crippen LogP contribution is -1.96. The van der Waals surface area contributed by atoms with E-state index in [0.29, 0.717) is 12.2 Å². The highest BCUT2D eigenvalue weighted by atomic mass is 35.5. The second-order valence-corrected chi connectivity index (χ2v) is 4.15. The zero-order valence-corrected chi connectivity index (χ0v) is 9.67. The van der Waals surface area contributed by atoms with Gasteiger partial charge < -0.3 is 0 Å². The molecule has 3 rings (SSSR count). The number of hydrogen-bond donors (Lipinski definition) is 0. The molecule has 0 aliphatic rings. The molecular weight excluding hydrogens is 236 g/mol. The van der Waals surface area contributed by atoms with Crippen molar-refractivity contribution in [3.63, 3.8) is 0 Å². The number of halogens is 1. The van der Waals surface area contributed by atoms with Crippen molar-refractivity contribution in [3.05, 3.63) is 59.1 Å². The van der Waals surface area contributed by atoms with Gasteiger partial charge in [0.1, 0.15) is 5.82 Å². The Balaban J connectivity index is 1.97. The Morgan fingerprint density at radius 1 is 1.12 bits per heavy atom. The van der Waals surface area contributed by atoms with Crippen LogP contribution in [0.3, 0.4) is 0 Å². The lowest BCUT2D eigenvalue weighted by molar-refractivity contribution is 0.932. The Morgan fingerprint density at radius 2 is 1.94 bits per heavy atom. The molecule has 0 radical (unpaired) electrons. The van der Waals surface area contributed by atoms with Gasteiger partial charge in [0.25, 0.3) is 5.78 Å². The van der Waals surface area contributed by atoms with E-state index in [4.69, 9.17) is 11.6 Å². The molecule has 2 aromatic heterocycles. The molecule has 0 bridgehead atoms. The van der Waals surface area contributed by atoms with E-state index in [0.717, 1.165) is 16.4 Å². The molecule has 84 valence electrons. The van der Waals surface area contributed by atoms with Gasteiger partial charge in [-0.05, 0) is 23.8 Å². The van der Waals surface area contributed by atoms with Crippen LogP contribution in [0.5, 0.6) is 0 Å². The lowest BCUT2D eigenvalue weighted by atomic mass is 10.1. The summed E-state index contributed by atoms with van der Waals surface area (Å²) in [6, 6.07) is 9.58. The normalized spacial score (nSPS) is 10.9. The third-order valence-corrected chi connectivity index (χ3v) is 2.79. The summed E-state index contributed by atoms with van der Waals surface area (Å²) in [5, 5.41) is 8.88. The van der Waals surface area contributed by atoms with Crippen molar-refractivity contribution in [2.75, 3.05) is 0 Å². The molecule has 17 heavy (non-hydrogen) atoms. The Kier molecular flexibility index (Phi) is 2.49. The lowest BCUT2D eigenvalue weighted by Gasteiger charge is -2.00. The van der Waals surface area contributed by atoms with Crippen LogP contribution in [0, 0.1) is 0 Å². The van der Waals surface area contributed by atoms with Crippen LogP contribution in [-0.4, -0.2) is 19.6 Å². The molecule has 0 saturated heterocycles. The average Bonchev–Trinajstić information content (AvgIpc) is 2.76. The Hall–Kier alpha value is -1.94. The summed E-state index contributed by atoms with van der Waals surface area (Å²) in [6.45, 7) is 0. The summed E-state index contributed by atoms with van der Waals surface area (Å²) >= 11 is 5.85. The van der Waals surface area contributed by atoms with Crippen molar-refractivity contribution in [1.82, 2.24) is 19.6 Å². The van der Waals surface area contributed by atoms with Crippen LogP contribution in [0.1, 0.15) is 11.4 Å². The minimum Gasteiger partial charge on any atom is -0.270 e. The van der Waals surface area contributed by atoms with E-state index in [9.17, 15) is 0 Å². The fourth-order valence-electron chi connectivity index (χ4n) is 1.69. The summed E-state index contributed by atoms with van der Waals surface area (Å²) in [5.41, 5.74) is 1.15. The van der Waals surface area contributed by atoms with E-state index >= 15 is 0 Å². The van der Waals surface area contributed by atoms with Crippen LogP contribution in [0.25, 0.3) is 5.78 Å². The van der Waals surface area contributed by atoms with Gasteiger partial charge >= 0.3 is 0 Å². The zero-order valence-electron chi connectivity index (χ0n) is 8.92. The highest BCUT2D eigenvalue weighted by molar-refractivity contribution is 6.30. The van der Waals surface area contributed by atoms with Gasteiger partial charge in [-0.1, -0.05) is 23.7 Å². The molecular formula is C12H9ClN4. The summed E-state index contributed by atoms with van der Waals surface area (Å²) in [6.07, 6.45) is 4.33. The second-order valence-electron chi connectivity index (χ2n) is 3.71. The average molecular weight is 245 g/mol. The number of rotatable bonds is 2. The van der Waals surface area contributed by atoms with Crippen molar-refractivity contribution in [2.24, 2.45) is 0 Å². The zero-order chi connectivity index (χ0) is 11.7. The van der Waals surface area contributed by atoms with Gasteiger partial charge in [0.05, 0.1) is 0 Å². The van der Waals surface area contributed by atoms with E-state index in [1.807, 2.05) is 40.9 Å². The monoisotopic (exact) mass is 244 g/mol. The van der Waals surface area contributed by atoms with Gasteiger partial charge in [-0.25, -0.2) is 4.98 Å². The molecule has 0 fully saturated rings. The van der Waals surface area contributed by atoms with Crippen LogP contribution in [-0.2, 0) is 6.42 Å². The number of nitrogens with zero attached hydrogens (tertiary/aromatic N) is 4. The third-order valence-electron chi connectivity index (χ3n) is 2.54. The maximum atomic E-state index is 5.85. The summed E-state index contributed by atoms with van der Waals surface area (Å²) < 4.78 is 1.88. The Labute approximate surface area is 103 Å². The SMILES string of the molecule is Clc1ccc(Cc2nnc3ncccn23)cc1. The molecule has 0 aliphatic heterocycles. The van der Waals surface area contributed by atoms with Crippen molar-refractivity contribution in [3.8, 4) is 0 Å². The molecule has 0 saturated carbocycles. The van der Waals surface area contributed by atoms with Crippen molar-refractivity contribution >= 4 is 17.4 Å². The minimum atomic E-state index is 0.622. The molecule has 0 amide bonds. The summed E-state index contributed by atoms with van der Waals surface area (Å²) in [4.78, 5) is 4.13. The fourth-order valence-corrected chi connectivity index (χ4v) is 1.82. The maximum absolute atomic E-state index is 5.85. The first-order valence-electron chi connectivity index (χ1n) is 5.22. The molecule has 4 nitrogen and oxygen atoms in total. The van der Waals surface area contributed by atoms with E-state index < -0.39 is 0 Å². The molecule has 0 spiro atoms. The number of hydrogen-bond acceptors (Lipinski definition) is 3. The maximum Gasteiger partial charge on any atom is 0.254 e. The largest absolute Gasteiger partial charge is 0.270 e. The Bertz CT molecular complexity index is 645. The van der Waals surface area contributed by atoms with Crippen LogP contribution < -0.4 is 0 Å². The number of benzene rings is 1. The fraction of sp³-hybridized carbons (Fsp3) is 0.0833. The van der Waals surface area contributed by atoms with Gasteiger partial charge in [-0.3, -0.25) is 4.40 Å². The van der Waals surface area contributed by atoms with Gasteiger partial charge in [-0.15, -0.1) is 10.2 Å². The van der Waals surface area contributed by atoms with E-state index in [1.165, 1.54) is 0 Å². The molecule has 3 aromatic rings. The third kappa shape index (κ3) is 1.99. The van der Waals surface area contributed by atoms with E-state index in [2.05, 4.69) is 15.2 Å². The van der Waals surface area contributed by atoms with Crippen molar-refractivity contribution in [2.45, 2.75) is 6.42 Å². The standard InChI is InChI=1S/C12H9ClN4/c13-10-4-2-9(3-5-10)8-11-15-16-12-14-6-1-7-17(11)12/h1-7H,8H2. The predicted octanol–water partition coefficient (Wildman–Crippen LogP) is 2.37. The quantitative estimate of drug-likeness (QED) is 0.695. The van der Waals surface area contributed by atoms with Crippen molar-refractivity contribution in [1.29, 1.82) is 0 Å². The van der Waals surface area contributed by atoms with Gasteiger partial charge in [-0.2, -0.15) is 0 Å². The predicted molar refractivity (Wildman–Crippen MR) is 65.0 cm³/mol. The van der Waals surface area contributed by atoms with Crippen LogP contribution in [0.2, 0.25) is 5.02 Å². The molecule has 0 atom stereocenters. The van der Waals surface area contributed by atoms with E-state index in [1.54, 1.807) is 6.20 Å². The van der Waals surface area contributed by atoms with Crippen LogP contribution >= 0.6 is 11.6 Å². The first-order valence-corrected chi connectivity index (χ1v) is 5.60. The van der Waals surface area contributed by atoms with Crippen LogP contribution in [0.4, 0.5) is 0 Å². The van der Waals surface area contributed by atoms with Gasteiger partial charge in [0.15, 0.2) is 0 Å². The Morgan fingerprint density at radius 3 is 2.76 bits per heavy atom. The molecule has 0 N–H and O–H groups in total. The number of aromatic nitrogens is 4. The molecule has 2 heterocycles. The first-order chi connectivity index (χ1) is 8.33. The highest BCUT2D eigenvalue weighted by Crippen LogP contribution is 2.12. The second kappa shape index (κ2) is 4.14. The summed E-state index contributed by atoms with van der Waals surface area (Å²) in [7, 11) is 0. The minimum absolute atomic E-state index is 0.622. The molecule has 0 unspecified atom stereocenters. The summed E-state index contributed by atoms with van der Waals surface area (Å²) in [5.74, 6) is 1.49. The topological polar surface area (TPSA) is 43.1 Å². The smallest absolute Gasteiger partial charge is 0.254 e. The molecule has 5 heteroatoms. The van der Waals surface area contributed by atoms with E-state index in [-0.39, 0.29) is 0 Å². The highest BCUT2D eigenvalue weighted by Gasteiger charge is 2.05.